The van der Waals surface area contributed by atoms with Gasteiger partial charge < -0.3 is 5.73 Å². The van der Waals surface area contributed by atoms with Crippen LogP contribution in [0.15, 0.2) is 0 Å². The first kappa shape index (κ1) is 11.4. The van der Waals surface area contributed by atoms with E-state index in [2.05, 4.69) is 26.2 Å². The molecule has 0 heterocycles. The number of primary amides is 1. The number of halogens is 1. The maximum atomic E-state index is 10.9. The van der Waals surface area contributed by atoms with Crippen LogP contribution in [0.4, 0.5) is 0 Å². The lowest BCUT2D eigenvalue weighted by Gasteiger charge is -2.06. The minimum Gasteiger partial charge on any atom is -0.368 e. The van der Waals surface area contributed by atoms with E-state index in [0.717, 1.165) is 0 Å². The van der Waals surface area contributed by atoms with Crippen molar-refractivity contribution >= 4 is 27.7 Å². The number of hydrogen-bond acceptors (Lipinski definition) is 3. The second kappa shape index (κ2) is 5.96. The van der Waals surface area contributed by atoms with Crippen molar-refractivity contribution in [3.63, 3.8) is 0 Å². The lowest BCUT2D eigenvalue weighted by Crippen LogP contribution is -2.33. The van der Waals surface area contributed by atoms with Crippen molar-refractivity contribution < 1.29 is 14.4 Å². The van der Waals surface area contributed by atoms with Gasteiger partial charge in [-0.1, -0.05) is 22.9 Å². The highest BCUT2D eigenvalue weighted by Crippen LogP contribution is 2.03. The fraction of sp³-hybridized carbons (Fsp3) is 0.667. The number of rotatable bonds is 5. The van der Waals surface area contributed by atoms with Gasteiger partial charge in [0.1, 0.15) is 0 Å². The predicted molar refractivity (Wildman–Crippen MR) is 46.3 cm³/mol. The highest BCUT2D eigenvalue weighted by molar-refractivity contribution is 9.10. The van der Waals surface area contributed by atoms with Crippen LogP contribution in [-0.2, 0) is 14.4 Å². The number of hydroxylamine groups is 1. The van der Waals surface area contributed by atoms with Gasteiger partial charge in [0.05, 0.1) is 4.83 Å². The van der Waals surface area contributed by atoms with Crippen LogP contribution >= 0.6 is 15.9 Å². The Bertz CT molecular complexity index is 174. The number of carbonyl (C=O) groups excluding carboxylic acids is 2. The van der Waals surface area contributed by atoms with E-state index in [-0.39, 0.29) is 17.3 Å². The Balaban J connectivity index is 3.50. The van der Waals surface area contributed by atoms with Crippen LogP contribution in [0, 0.1) is 0 Å². The zero-order valence-corrected chi connectivity index (χ0v) is 8.26. The summed E-state index contributed by atoms with van der Waals surface area (Å²) >= 11 is 3.10. The molecule has 12 heavy (non-hydrogen) atoms. The molecule has 0 rings (SSSR count). The minimum absolute atomic E-state index is 0.301. The normalized spacial score (nSPS) is 12.2. The molecule has 0 aromatic carbocycles. The fourth-order valence-corrected chi connectivity index (χ4v) is 0.521. The molecule has 2 amide bonds. The van der Waals surface area contributed by atoms with E-state index < -0.39 is 5.91 Å². The monoisotopic (exact) mass is 238 g/mol. The van der Waals surface area contributed by atoms with E-state index in [1.54, 1.807) is 0 Å². The topological polar surface area (TPSA) is 81.4 Å². The average molecular weight is 239 g/mol. The summed E-state index contributed by atoms with van der Waals surface area (Å²) in [6.45, 7) is 1.53. The molecule has 0 radical (unpaired) electrons. The molecule has 0 aliphatic carbocycles. The Morgan fingerprint density at radius 1 is 1.67 bits per heavy atom. The van der Waals surface area contributed by atoms with Gasteiger partial charge >= 0.3 is 0 Å². The molecule has 0 aliphatic heterocycles. The maximum Gasteiger partial charge on any atom is 0.257 e. The summed E-state index contributed by atoms with van der Waals surface area (Å²) in [4.78, 5) is 25.3. The van der Waals surface area contributed by atoms with Gasteiger partial charge in [-0.3, -0.25) is 14.4 Å². The molecule has 3 N–H and O–H groups in total. The molecule has 0 saturated heterocycles. The third-order valence-corrected chi connectivity index (χ3v) is 2.09. The Hall–Kier alpha value is -0.620. The molecular formula is C6H11BrN2O3. The van der Waals surface area contributed by atoms with Gasteiger partial charge in [-0.2, -0.15) is 0 Å². The van der Waals surface area contributed by atoms with Gasteiger partial charge in [0.2, 0.25) is 5.91 Å². The number of amides is 2. The molecule has 0 saturated carbocycles. The summed E-state index contributed by atoms with van der Waals surface area (Å²) in [5.74, 6) is -0.948. The van der Waals surface area contributed by atoms with Crippen LogP contribution in [0.3, 0.4) is 0 Å². The smallest absolute Gasteiger partial charge is 0.257 e. The molecule has 1 unspecified atom stereocenters. The van der Waals surface area contributed by atoms with Crippen LogP contribution in [0.2, 0.25) is 0 Å². The van der Waals surface area contributed by atoms with Crippen molar-refractivity contribution in [1.29, 1.82) is 0 Å². The quantitative estimate of drug-likeness (QED) is 0.510. The summed E-state index contributed by atoms with van der Waals surface area (Å²) in [5.41, 5.74) is 6.84. The third kappa shape index (κ3) is 5.09. The molecule has 0 aliphatic rings. The highest BCUT2D eigenvalue weighted by atomic mass is 79.9. The van der Waals surface area contributed by atoms with Gasteiger partial charge in [-0.15, -0.1) is 0 Å². The summed E-state index contributed by atoms with van der Waals surface area (Å²) in [6.07, 6.45) is 0.645. The number of hydrogen-bond donors (Lipinski definition) is 2. The zero-order chi connectivity index (χ0) is 9.56. The first-order valence-corrected chi connectivity index (χ1v) is 4.33. The fourth-order valence-electron chi connectivity index (χ4n) is 0.428. The molecule has 0 aromatic heterocycles. The van der Waals surface area contributed by atoms with Crippen LogP contribution in [0.5, 0.6) is 0 Å². The molecule has 5 nitrogen and oxygen atoms in total. The van der Waals surface area contributed by atoms with E-state index in [1.807, 2.05) is 6.92 Å². The van der Waals surface area contributed by atoms with E-state index in [1.165, 1.54) is 0 Å². The molecule has 1 atom stereocenters. The summed E-state index contributed by atoms with van der Waals surface area (Å²) in [7, 11) is 0. The Labute approximate surface area is 78.7 Å². The molecule has 6 heteroatoms. The lowest BCUT2D eigenvalue weighted by atomic mass is 10.3. The van der Waals surface area contributed by atoms with Crippen LogP contribution in [-0.4, -0.2) is 23.2 Å². The summed E-state index contributed by atoms with van der Waals surface area (Å²) < 4.78 is 0. The third-order valence-electron chi connectivity index (χ3n) is 1.03. The van der Waals surface area contributed by atoms with Crippen LogP contribution in [0.1, 0.15) is 13.3 Å². The number of nitrogens with one attached hydrogen (secondary N) is 1. The van der Waals surface area contributed by atoms with Gasteiger partial charge in [0.25, 0.3) is 5.91 Å². The number of alkyl halides is 1. The largest absolute Gasteiger partial charge is 0.368 e. The zero-order valence-electron chi connectivity index (χ0n) is 6.67. The van der Waals surface area contributed by atoms with Crippen LogP contribution < -0.4 is 11.2 Å². The Morgan fingerprint density at radius 3 is 2.67 bits per heavy atom. The van der Waals surface area contributed by atoms with Crippen molar-refractivity contribution in [2.45, 2.75) is 18.2 Å². The van der Waals surface area contributed by atoms with Gasteiger partial charge in [0.15, 0.2) is 6.61 Å². The van der Waals surface area contributed by atoms with E-state index in [0.29, 0.717) is 6.42 Å². The number of nitrogens with two attached hydrogens (primary N) is 1. The standard InChI is InChI=1S/C6H11BrN2O3/c1-2-4(7)6(11)9-12-3-5(8)10/h4H,2-3H2,1H3,(H2,8,10)(H,9,11). The van der Waals surface area contributed by atoms with Crippen molar-refractivity contribution in [2.75, 3.05) is 6.61 Å². The van der Waals surface area contributed by atoms with Gasteiger partial charge in [-0.25, -0.2) is 5.48 Å². The molecule has 0 aromatic rings. The van der Waals surface area contributed by atoms with Crippen molar-refractivity contribution in [2.24, 2.45) is 5.73 Å². The first-order chi connectivity index (χ1) is 5.57. The second-order valence-corrected chi connectivity index (χ2v) is 3.20. The summed E-state index contributed by atoms with van der Waals surface area (Å²) in [5, 5.41) is 0. The molecule has 70 valence electrons. The SMILES string of the molecule is CCC(Br)C(=O)NOCC(N)=O. The number of carbonyl (C=O) groups is 2. The average Bonchev–Trinajstić information content (AvgIpc) is 2.02. The predicted octanol–water partition coefficient (Wildman–Crippen LogP) is -0.307. The molecule has 0 bridgehead atoms. The molecule has 0 fully saturated rings. The first-order valence-electron chi connectivity index (χ1n) is 3.42. The van der Waals surface area contributed by atoms with Crippen LogP contribution in [0.25, 0.3) is 0 Å². The highest BCUT2D eigenvalue weighted by Gasteiger charge is 2.11. The summed E-state index contributed by atoms with van der Waals surface area (Å²) in [6, 6.07) is 0. The van der Waals surface area contributed by atoms with Crippen molar-refractivity contribution in [1.82, 2.24) is 5.48 Å². The van der Waals surface area contributed by atoms with Gasteiger partial charge in [-0.05, 0) is 6.42 Å². The van der Waals surface area contributed by atoms with Gasteiger partial charge in [0, 0.05) is 0 Å². The molecular weight excluding hydrogens is 228 g/mol. The van der Waals surface area contributed by atoms with E-state index in [9.17, 15) is 9.59 Å². The second-order valence-electron chi connectivity index (χ2n) is 2.10. The minimum atomic E-state index is -0.627. The van der Waals surface area contributed by atoms with E-state index in [4.69, 9.17) is 5.73 Å². The Kier molecular flexibility index (Phi) is 5.65. The van der Waals surface area contributed by atoms with Crippen molar-refractivity contribution in [3.8, 4) is 0 Å². The molecule has 0 spiro atoms. The maximum absolute atomic E-state index is 10.9. The van der Waals surface area contributed by atoms with E-state index >= 15 is 0 Å². The van der Waals surface area contributed by atoms with Crippen molar-refractivity contribution in [3.05, 3.63) is 0 Å². The Morgan fingerprint density at radius 2 is 2.25 bits per heavy atom. The lowest BCUT2D eigenvalue weighted by molar-refractivity contribution is -0.137.